The van der Waals surface area contributed by atoms with Crippen LogP contribution in [-0.4, -0.2) is 19.1 Å². The van der Waals surface area contributed by atoms with Crippen molar-refractivity contribution in [2.24, 2.45) is 5.92 Å². The number of carbonyl (C=O) groups is 1. The quantitative estimate of drug-likeness (QED) is 0.670. The van der Waals surface area contributed by atoms with E-state index in [0.717, 1.165) is 12.8 Å². The Morgan fingerprint density at radius 3 is 3.11 bits per heavy atom. The van der Waals surface area contributed by atoms with E-state index in [4.69, 9.17) is 4.42 Å². The fourth-order valence-electron chi connectivity index (χ4n) is 2.46. The third-order valence-corrected chi connectivity index (χ3v) is 3.72. The molecule has 0 saturated carbocycles. The second-order valence-electron chi connectivity index (χ2n) is 5.06. The number of methoxy groups -OCH3 is 1. The van der Waals surface area contributed by atoms with Crippen molar-refractivity contribution in [2.45, 2.75) is 38.3 Å². The molecule has 1 aromatic heterocycles. The summed E-state index contributed by atoms with van der Waals surface area (Å²) in [6.45, 7) is 2.23. The number of furan rings is 1. The summed E-state index contributed by atoms with van der Waals surface area (Å²) in [6.07, 6.45) is 10.1. The van der Waals surface area contributed by atoms with Gasteiger partial charge in [-0.05, 0) is 24.8 Å². The van der Waals surface area contributed by atoms with E-state index in [9.17, 15) is 4.79 Å². The molecule has 0 radical (unpaired) electrons. The summed E-state index contributed by atoms with van der Waals surface area (Å²) in [5.41, 5.74) is 1.19. The first-order valence-electron chi connectivity index (χ1n) is 6.72. The molecule has 0 spiro atoms. The van der Waals surface area contributed by atoms with Crippen LogP contribution in [0.4, 0.5) is 0 Å². The smallest absolute Gasteiger partial charge is 0.309 e. The van der Waals surface area contributed by atoms with Gasteiger partial charge in [0.05, 0.1) is 26.1 Å². The molecular formula is C15H21NO3. The van der Waals surface area contributed by atoms with Gasteiger partial charge in [-0.1, -0.05) is 19.1 Å². The molecule has 0 aliphatic carbocycles. The molecule has 0 unspecified atom stereocenters. The minimum Gasteiger partial charge on any atom is -0.472 e. The highest BCUT2D eigenvalue weighted by Gasteiger charge is 2.26. The standard InChI is InChI=1S/C15H21NO3/c1-11-6-7-14(12-8-9-19-10-12)16-13(11)4-3-5-15(17)18-2/h3-4,8-11,13-14,16H,5-7H2,1-2H3/b4-3+/t11-,13+,14+/m1/s1. The van der Waals surface area contributed by atoms with E-state index in [0.29, 0.717) is 24.4 Å². The lowest BCUT2D eigenvalue weighted by molar-refractivity contribution is -0.139. The van der Waals surface area contributed by atoms with E-state index in [1.165, 1.54) is 12.7 Å². The van der Waals surface area contributed by atoms with Crippen molar-refractivity contribution in [3.8, 4) is 0 Å². The molecule has 104 valence electrons. The lowest BCUT2D eigenvalue weighted by atomic mass is 9.86. The third kappa shape index (κ3) is 3.70. The van der Waals surface area contributed by atoms with Crippen LogP contribution in [0.1, 0.15) is 37.8 Å². The Morgan fingerprint density at radius 1 is 1.58 bits per heavy atom. The van der Waals surface area contributed by atoms with Crippen molar-refractivity contribution in [1.82, 2.24) is 5.32 Å². The zero-order chi connectivity index (χ0) is 13.7. The second-order valence-corrected chi connectivity index (χ2v) is 5.06. The largest absolute Gasteiger partial charge is 0.472 e. The van der Waals surface area contributed by atoms with Gasteiger partial charge in [-0.25, -0.2) is 0 Å². The van der Waals surface area contributed by atoms with Gasteiger partial charge >= 0.3 is 5.97 Å². The molecule has 19 heavy (non-hydrogen) atoms. The molecule has 3 atom stereocenters. The predicted octanol–water partition coefficient (Wildman–Crippen LogP) is 2.83. The highest BCUT2D eigenvalue weighted by molar-refractivity contribution is 5.70. The maximum Gasteiger partial charge on any atom is 0.309 e. The molecule has 0 aromatic carbocycles. The van der Waals surface area contributed by atoms with Crippen LogP contribution < -0.4 is 5.32 Å². The molecule has 2 rings (SSSR count). The van der Waals surface area contributed by atoms with Crippen molar-refractivity contribution >= 4 is 5.97 Å². The molecule has 1 fully saturated rings. The Morgan fingerprint density at radius 2 is 2.42 bits per heavy atom. The van der Waals surface area contributed by atoms with Crippen LogP contribution in [0, 0.1) is 5.92 Å². The van der Waals surface area contributed by atoms with Crippen molar-refractivity contribution in [1.29, 1.82) is 0 Å². The number of esters is 1. The number of ether oxygens (including phenoxy) is 1. The summed E-state index contributed by atoms with van der Waals surface area (Å²) in [7, 11) is 1.41. The maximum atomic E-state index is 11.1. The lowest BCUT2D eigenvalue weighted by Crippen LogP contribution is -2.40. The van der Waals surface area contributed by atoms with Gasteiger partial charge in [0.15, 0.2) is 0 Å². The highest BCUT2D eigenvalue weighted by Crippen LogP contribution is 2.29. The molecule has 4 nitrogen and oxygen atoms in total. The van der Waals surface area contributed by atoms with Crippen LogP contribution in [0.15, 0.2) is 35.2 Å². The molecule has 0 bridgehead atoms. The van der Waals surface area contributed by atoms with E-state index < -0.39 is 0 Å². The lowest BCUT2D eigenvalue weighted by Gasteiger charge is -2.34. The summed E-state index contributed by atoms with van der Waals surface area (Å²) in [5, 5.41) is 3.60. The van der Waals surface area contributed by atoms with Crippen molar-refractivity contribution < 1.29 is 13.9 Å². The van der Waals surface area contributed by atoms with Gasteiger partial charge in [0.2, 0.25) is 0 Å². The van der Waals surface area contributed by atoms with Crippen LogP contribution >= 0.6 is 0 Å². The molecule has 1 N–H and O–H groups in total. The van der Waals surface area contributed by atoms with E-state index >= 15 is 0 Å². The molecule has 1 aliphatic rings. The van der Waals surface area contributed by atoms with Gasteiger partial charge in [0.1, 0.15) is 0 Å². The van der Waals surface area contributed by atoms with E-state index in [-0.39, 0.29) is 5.97 Å². The Balaban J connectivity index is 1.93. The first-order valence-corrected chi connectivity index (χ1v) is 6.72. The van der Waals surface area contributed by atoms with Gasteiger partial charge in [0.25, 0.3) is 0 Å². The average molecular weight is 263 g/mol. The number of nitrogens with one attached hydrogen (secondary N) is 1. The van der Waals surface area contributed by atoms with Gasteiger partial charge < -0.3 is 14.5 Å². The normalized spacial score (nSPS) is 27.6. The third-order valence-electron chi connectivity index (χ3n) is 3.72. The monoisotopic (exact) mass is 263 g/mol. The van der Waals surface area contributed by atoms with Gasteiger partial charge in [-0.3, -0.25) is 4.79 Å². The molecule has 1 saturated heterocycles. The number of carbonyl (C=O) groups excluding carboxylic acids is 1. The summed E-state index contributed by atoms with van der Waals surface area (Å²) in [6, 6.07) is 2.63. The first kappa shape index (κ1) is 13.9. The number of hydrogen-bond acceptors (Lipinski definition) is 4. The molecule has 1 aromatic rings. The van der Waals surface area contributed by atoms with Crippen LogP contribution in [0.5, 0.6) is 0 Å². The SMILES string of the molecule is COC(=O)C/C=C/[C@@H]1N[C@H](c2ccoc2)CC[C@H]1C. The van der Waals surface area contributed by atoms with E-state index in [1.807, 2.05) is 12.1 Å². The van der Waals surface area contributed by atoms with Crippen molar-refractivity contribution in [2.75, 3.05) is 7.11 Å². The predicted molar refractivity (Wildman–Crippen MR) is 72.5 cm³/mol. The fourth-order valence-corrected chi connectivity index (χ4v) is 2.46. The van der Waals surface area contributed by atoms with Crippen LogP contribution in [0.3, 0.4) is 0 Å². The highest BCUT2D eigenvalue weighted by atomic mass is 16.5. The molecular weight excluding hydrogens is 242 g/mol. The van der Waals surface area contributed by atoms with Crippen LogP contribution in [0.25, 0.3) is 0 Å². The van der Waals surface area contributed by atoms with Crippen LogP contribution in [-0.2, 0) is 9.53 Å². The Bertz CT molecular complexity index is 425. The van der Waals surface area contributed by atoms with Gasteiger partial charge in [-0.2, -0.15) is 0 Å². The number of hydrogen-bond donors (Lipinski definition) is 1. The van der Waals surface area contributed by atoms with Crippen molar-refractivity contribution in [3.63, 3.8) is 0 Å². The van der Waals surface area contributed by atoms with Gasteiger partial charge in [-0.15, -0.1) is 0 Å². The van der Waals surface area contributed by atoms with E-state index in [1.54, 1.807) is 12.5 Å². The molecule has 1 aliphatic heterocycles. The molecule has 2 heterocycles. The number of rotatable bonds is 4. The van der Waals surface area contributed by atoms with Gasteiger partial charge in [0, 0.05) is 17.6 Å². The average Bonchev–Trinajstić information content (AvgIpc) is 2.94. The summed E-state index contributed by atoms with van der Waals surface area (Å²) in [5.74, 6) is 0.364. The summed E-state index contributed by atoms with van der Waals surface area (Å²) in [4.78, 5) is 11.1. The minimum absolute atomic E-state index is 0.203. The summed E-state index contributed by atoms with van der Waals surface area (Å²) >= 11 is 0. The maximum absolute atomic E-state index is 11.1. The molecule has 0 amide bonds. The zero-order valence-corrected chi connectivity index (χ0v) is 11.5. The Kier molecular flexibility index (Phi) is 4.80. The minimum atomic E-state index is -0.203. The Hall–Kier alpha value is -1.55. The Labute approximate surface area is 113 Å². The summed E-state index contributed by atoms with van der Waals surface area (Å²) < 4.78 is 9.76. The fraction of sp³-hybridized carbons (Fsp3) is 0.533. The zero-order valence-electron chi connectivity index (χ0n) is 11.5. The van der Waals surface area contributed by atoms with Crippen molar-refractivity contribution in [3.05, 3.63) is 36.3 Å². The molecule has 4 heteroatoms. The number of piperidine rings is 1. The van der Waals surface area contributed by atoms with E-state index in [2.05, 4.69) is 23.1 Å². The second kappa shape index (κ2) is 6.57. The topological polar surface area (TPSA) is 51.5 Å². The van der Waals surface area contributed by atoms with Crippen LogP contribution in [0.2, 0.25) is 0 Å². The first-order chi connectivity index (χ1) is 9.20.